The van der Waals surface area contributed by atoms with Gasteiger partial charge in [0.15, 0.2) is 11.5 Å². The van der Waals surface area contributed by atoms with E-state index in [1.165, 1.54) is 6.33 Å². The molecule has 0 radical (unpaired) electrons. The number of anilines is 4. The zero-order valence-electron chi connectivity index (χ0n) is 14.6. The summed E-state index contributed by atoms with van der Waals surface area (Å²) < 4.78 is 16.0. The van der Waals surface area contributed by atoms with Crippen LogP contribution in [0.25, 0.3) is 0 Å². The Hall–Kier alpha value is -3.62. The zero-order chi connectivity index (χ0) is 18.4. The molecule has 134 valence electrons. The third-order valence-corrected chi connectivity index (χ3v) is 3.42. The molecule has 1 aromatic carbocycles. The van der Waals surface area contributed by atoms with Crippen LogP contribution in [0.3, 0.4) is 0 Å². The fourth-order valence-electron chi connectivity index (χ4n) is 2.29. The average Bonchev–Trinajstić information content (AvgIpc) is 2.68. The van der Waals surface area contributed by atoms with Gasteiger partial charge in [-0.25, -0.2) is 15.0 Å². The van der Waals surface area contributed by atoms with E-state index in [1.54, 1.807) is 58.1 Å². The van der Waals surface area contributed by atoms with Crippen molar-refractivity contribution < 1.29 is 14.2 Å². The van der Waals surface area contributed by atoms with E-state index in [4.69, 9.17) is 14.2 Å². The molecule has 2 heterocycles. The lowest BCUT2D eigenvalue weighted by atomic mass is 10.2. The van der Waals surface area contributed by atoms with Crippen molar-refractivity contribution in [1.82, 2.24) is 19.9 Å². The SMILES string of the molecule is COc1cc(Nc2cc(Nc3cnccn3)ncn2)cc(OC)c1OC. The van der Waals surface area contributed by atoms with Gasteiger partial charge in [0.25, 0.3) is 0 Å². The minimum absolute atomic E-state index is 0.522. The fraction of sp³-hybridized carbons (Fsp3) is 0.176. The molecule has 2 N–H and O–H groups in total. The van der Waals surface area contributed by atoms with Gasteiger partial charge in [-0.1, -0.05) is 0 Å². The zero-order valence-corrected chi connectivity index (χ0v) is 14.6. The highest BCUT2D eigenvalue weighted by atomic mass is 16.5. The summed E-state index contributed by atoms with van der Waals surface area (Å²) in [5.41, 5.74) is 0.726. The Kier molecular flexibility index (Phi) is 5.28. The standard InChI is InChI=1S/C17H18N6O3/c1-24-12-6-11(7-13(25-2)17(12)26-3)22-14-8-15(21-10-20-14)23-16-9-18-4-5-19-16/h4-10H,1-3H3,(H2,19,20,21,22,23). The predicted octanol–water partition coefficient (Wildman–Crippen LogP) is 2.78. The number of benzene rings is 1. The van der Waals surface area contributed by atoms with Gasteiger partial charge in [-0.3, -0.25) is 4.98 Å². The number of nitrogens with one attached hydrogen (secondary N) is 2. The van der Waals surface area contributed by atoms with E-state index in [0.717, 1.165) is 5.69 Å². The normalized spacial score (nSPS) is 10.1. The van der Waals surface area contributed by atoms with Crippen LogP contribution < -0.4 is 24.8 Å². The van der Waals surface area contributed by atoms with Crippen LogP contribution in [0.15, 0.2) is 43.1 Å². The smallest absolute Gasteiger partial charge is 0.203 e. The molecule has 9 heteroatoms. The van der Waals surface area contributed by atoms with E-state index >= 15 is 0 Å². The molecule has 0 amide bonds. The molecule has 0 atom stereocenters. The van der Waals surface area contributed by atoms with Crippen LogP contribution in [0.4, 0.5) is 23.1 Å². The third-order valence-electron chi connectivity index (χ3n) is 3.42. The van der Waals surface area contributed by atoms with E-state index in [1.807, 2.05) is 0 Å². The molecule has 0 saturated carbocycles. The van der Waals surface area contributed by atoms with Crippen LogP contribution in [-0.2, 0) is 0 Å². The van der Waals surface area contributed by atoms with Crippen molar-refractivity contribution in [2.24, 2.45) is 0 Å². The minimum Gasteiger partial charge on any atom is -0.493 e. The van der Waals surface area contributed by atoms with Crippen LogP contribution >= 0.6 is 0 Å². The lowest BCUT2D eigenvalue weighted by molar-refractivity contribution is 0.324. The van der Waals surface area contributed by atoms with E-state index in [-0.39, 0.29) is 0 Å². The molecule has 2 aromatic heterocycles. The summed E-state index contributed by atoms with van der Waals surface area (Å²) in [6.45, 7) is 0. The molecule has 3 rings (SSSR count). The Morgan fingerprint density at radius 1 is 0.731 bits per heavy atom. The molecule has 0 bridgehead atoms. The maximum absolute atomic E-state index is 5.35. The summed E-state index contributed by atoms with van der Waals surface area (Å²) in [5.74, 6) is 3.36. The van der Waals surface area contributed by atoms with Gasteiger partial charge in [-0.15, -0.1) is 0 Å². The largest absolute Gasteiger partial charge is 0.493 e. The molecule has 0 fully saturated rings. The van der Waals surface area contributed by atoms with Crippen LogP contribution in [0.2, 0.25) is 0 Å². The second-order valence-electron chi connectivity index (χ2n) is 5.04. The van der Waals surface area contributed by atoms with E-state index in [2.05, 4.69) is 30.6 Å². The van der Waals surface area contributed by atoms with Gasteiger partial charge in [0.1, 0.15) is 23.8 Å². The summed E-state index contributed by atoms with van der Waals surface area (Å²) in [5, 5.41) is 6.25. The maximum atomic E-state index is 5.35. The van der Waals surface area contributed by atoms with Gasteiger partial charge in [0.05, 0.1) is 27.5 Å². The highest BCUT2D eigenvalue weighted by molar-refractivity contribution is 5.68. The van der Waals surface area contributed by atoms with Crippen molar-refractivity contribution >= 4 is 23.1 Å². The van der Waals surface area contributed by atoms with Crippen LogP contribution in [0.5, 0.6) is 17.2 Å². The first-order valence-electron chi connectivity index (χ1n) is 7.65. The molecule has 0 aliphatic carbocycles. The topological polar surface area (TPSA) is 103 Å². The summed E-state index contributed by atoms with van der Waals surface area (Å²) in [7, 11) is 4.69. The number of hydrogen-bond acceptors (Lipinski definition) is 9. The molecule has 0 aliphatic heterocycles. The number of rotatable bonds is 7. The number of nitrogens with zero attached hydrogens (tertiary/aromatic N) is 4. The Labute approximate surface area is 150 Å². The highest BCUT2D eigenvalue weighted by Gasteiger charge is 2.13. The summed E-state index contributed by atoms with van der Waals surface area (Å²) in [4.78, 5) is 16.5. The molecule has 9 nitrogen and oxygen atoms in total. The van der Waals surface area contributed by atoms with Gasteiger partial charge in [0, 0.05) is 36.3 Å². The fourth-order valence-corrected chi connectivity index (χ4v) is 2.29. The van der Waals surface area contributed by atoms with Gasteiger partial charge in [-0.2, -0.15) is 0 Å². The molecule has 0 unspecified atom stereocenters. The first-order valence-corrected chi connectivity index (χ1v) is 7.65. The summed E-state index contributed by atoms with van der Waals surface area (Å²) >= 11 is 0. The summed E-state index contributed by atoms with van der Waals surface area (Å²) in [6, 6.07) is 5.33. The van der Waals surface area contributed by atoms with Gasteiger partial charge >= 0.3 is 0 Å². The molecular formula is C17H18N6O3. The van der Waals surface area contributed by atoms with Crippen LogP contribution in [0.1, 0.15) is 0 Å². The van der Waals surface area contributed by atoms with Gasteiger partial charge in [-0.05, 0) is 0 Å². The molecule has 26 heavy (non-hydrogen) atoms. The number of ether oxygens (including phenoxy) is 3. The monoisotopic (exact) mass is 354 g/mol. The lowest BCUT2D eigenvalue weighted by Gasteiger charge is -2.15. The van der Waals surface area contributed by atoms with Crippen LogP contribution in [0, 0.1) is 0 Å². The Morgan fingerprint density at radius 2 is 1.42 bits per heavy atom. The minimum atomic E-state index is 0.522. The van der Waals surface area contributed by atoms with Gasteiger partial charge < -0.3 is 24.8 Å². The second-order valence-corrected chi connectivity index (χ2v) is 5.04. The average molecular weight is 354 g/mol. The number of aromatic nitrogens is 4. The third kappa shape index (κ3) is 3.89. The molecule has 0 saturated heterocycles. The highest BCUT2D eigenvalue weighted by Crippen LogP contribution is 2.40. The van der Waals surface area contributed by atoms with E-state index in [9.17, 15) is 0 Å². The Bertz CT molecular complexity index is 850. The lowest BCUT2D eigenvalue weighted by Crippen LogP contribution is -2.01. The first kappa shape index (κ1) is 17.2. The van der Waals surface area contributed by atoms with E-state index < -0.39 is 0 Å². The molecule has 3 aromatic rings. The quantitative estimate of drug-likeness (QED) is 0.663. The van der Waals surface area contributed by atoms with Crippen molar-refractivity contribution in [2.45, 2.75) is 0 Å². The van der Waals surface area contributed by atoms with Crippen LogP contribution in [-0.4, -0.2) is 41.3 Å². The van der Waals surface area contributed by atoms with Crippen molar-refractivity contribution in [3.8, 4) is 17.2 Å². The second kappa shape index (κ2) is 7.97. The molecule has 0 aliphatic rings. The van der Waals surface area contributed by atoms with E-state index in [0.29, 0.717) is 34.7 Å². The number of hydrogen-bond donors (Lipinski definition) is 2. The van der Waals surface area contributed by atoms with Gasteiger partial charge in [0.2, 0.25) is 5.75 Å². The molecular weight excluding hydrogens is 336 g/mol. The van der Waals surface area contributed by atoms with Crippen molar-refractivity contribution in [3.63, 3.8) is 0 Å². The molecule has 0 spiro atoms. The first-order chi connectivity index (χ1) is 12.7. The predicted molar refractivity (Wildman–Crippen MR) is 96.7 cm³/mol. The van der Waals surface area contributed by atoms with Crippen molar-refractivity contribution in [3.05, 3.63) is 43.1 Å². The van der Waals surface area contributed by atoms with Crippen molar-refractivity contribution in [1.29, 1.82) is 0 Å². The summed E-state index contributed by atoms with van der Waals surface area (Å²) in [6.07, 6.45) is 6.24. The number of methoxy groups -OCH3 is 3. The van der Waals surface area contributed by atoms with Crippen molar-refractivity contribution in [2.75, 3.05) is 32.0 Å². The Balaban J connectivity index is 1.84. The maximum Gasteiger partial charge on any atom is 0.203 e. The Morgan fingerprint density at radius 3 is 2.00 bits per heavy atom.